The summed E-state index contributed by atoms with van der Waals surface area (Å²) in [5.74, 6) is 1.21. The fourth-order valence-corrected chi connectivity index (χ4v) is 1.31. The lowest BCUT2D eigenvalue weighted by molar-refractivity contribution is 0.642. The maximum atomic E-state index is 4.41. The van der Waals surface area contributed by atoms with Crippen LogP contribution in [-0.4, -0.2) is 9.55 Å². The zero-order chi connectivity index (χ0) is 10.3. The molecule has 2 nitrogen and oxygen atoms in total. The van der Waals surface area contributed by atoms with Crippen LogP contribution in [0.3, 0.4) is 0 Å². The molecule has 0 amide bonds. The largest absolute Gasteiger partial charge is 0.335 e. The first-order valence-electron chi connectivity index (χ1n) is 5.30. The molecule has 2 heteroatoms. The Labute approximate surface area is 82.0 Å². The van der Waals surface area contributed by atoms with Crippen LogP contribution in [0, 0.1) is 6.92 Å². The van der Waals surface area contributed by atoms with Gasteiger partial charge in [0, 0.05) is 19.2 Å². The second-order valence-corrected chi connectivity index (χ2v) is 2.85. The summed E-state index contributed by atoms with van der Waals surface area (Å²) in [6.07, 6.45) is 4.35. The maximum absolute atomic E-state index is 4.41. The number of nitrogens with zero attached hydrogens (tertiary/aromatic N) is 2. The predicted molar refractivity (Wildman–Crippen MR) is 58.0 cm³/mol. The van der Waals surface area contributed by atoms with Crippen molar-refractivity contribution in [1.82, 2.24) is 9.55 Å². The standard InChI is InChI=1S/C9H16N2.C2H6/c1-4-6-11-7-8(3)10-9(11)5-2;1-2/h7H,4-6H2,1-3H3;1-2H3. The van der Waals surface area contributed by atoms with Crippen molar-refractivity contribution in [2.24, 2.45) is 0 Å². The monoisotopic (exact) mass is 182 g/mol. The maximum Gasteiger partial charge on any atom is 0.108 e. The minimum absolute atomic E-state index is 1.04. The molecule has 76 valence electrons. The molecule has 1 rings (SSSR count). The summed E-state index contributed by atoms with van der Waals surface area (Å²) in [5.41, 5.74) is 1.13. The van der Waals surface area contributed by atoms with Crippen LogP contribution >= 0.6 is 0 Å². The molecule has 13 heavy (non-hydrogen) atoms. The number of rotatable bonds is 3. The third-order valence-electron chi connectivity index (χ3n) is 1.76. The third-order valence-corrected chi connectivity index (χ3v) is 1.76. The highest BCUT2D eigenvalue weighted by Gasteiger charge is 2.00. The van der Waals surface area contributed by atoms with Crippen molar-refractivity contribution in [3.8, 4) is 0 Å². The predicted octanol–water partition coefficient (Wildman–Crippen LogP) is 3.19. The van der Waals surface area contributed by atoms with Gasteiger partial charge in [0.25, 0.3) is 0 Å². The second-order valence-electron chi connectivity index (χ2n) is 2.85. The molecule has 0 spiro atoms. The van der Waals surface area contributed by atoms with E-state index in [1.165, 1.54) is 12.2 Å². The molecular weight excluding hydrogens is 160 g/mol. The van der Waals surface area contributed by atoms with Gasteiger partial charge in [0.2, 0.25) is 0 Å². The molecule has 0 aromatic carbocycles. The molecule has 1 heterocycles. The van der Waals surface area contributed by atoms with Gasteiger partial charge in [0.1, 0.15) is 5.82 Å². The SMILES string of the molecule is CC.CCCn1cc(C)nc1CC. The first-order chi connectivity index (χ1) is 6.27. The topological polar surface area (TPSA) is 17.8 Å². The first kappa shape index (κ1) is 12.2. The average Bonchev–Trinajstić information content (AvgIpc) is 2.50. The molecule has 0 fully saturated rings. The fourth-order valence-electron chi connectivity index (χ4n) is 1.31. The fraction of sp³-hybridized carbons (Fsp3) is 0.727. The number of aryl methyl sites for hydroxylation is 3. The van der Waals surface area contributed by atoms with Crippen LogP contribution in [-0.2, 0) is 13.0 Å². The van der Waals surface area contributed by atoms with Gasteiger partial charge in [-0.3, -0.25) is 0 Å². The lowest BCUT2D eigenvalue weighted by atomic mass is 10.4. The van der Waals surface area contributed by atoms with Crippen LogP contribution in [0.5, 0.6) is 0 Å². The number of hydrogen-bond acceptors (Lipinski definition) is 1. The van der Waals surface area contributed by atoms with E-state index in [1.54, 1.807) is 0 Å². The highest BCUT2D eigenvalue weighted by atomic mass is 15.1. The van der Waals surface area contributed by atoms with Crippen molar-refractivity contribution in [3.05, 3.63) is 17.7 Å². The molecule has 0 saturated carbocycles. The number of hydrogen-bond donors (Lipinski definition) is 0. The van der Waals surface area contributed by atoms with Crippen molar-refractivity contribution in [2.45, 2.75) is 54.0 Å². The minimum atomic E-state index is 1.04. The highest BCUT2D eigenvalue weighted by Crippen LogP contribution is 2.03. The first-order valence-corrected chi connectivity index (χ1v) is 5.30. The van der Waals surface area contributed by atoms with E-state index in [0.29, 0.717) is 0 Å². The zero-order valence-electron chi connectivity index (χ0n) is 9.59. The van der Waals surface area contributed by atoms with Gasteiger partial charge in [-0.1, -0.05) is 27.7 Å². The molecular formula is C11H22N2. The smallest absolute Gasteiger partial charge is 0.108 e. The Balaban J connectivity index is 0.000000671. The quantitative estimate of drug-likeness (QED) is 0.702. The molecule has 0 unspecified atom stereocenters. The van der Waals surface area contributed by atoms with E-state index in [9.17, 15) is 0 Å². The summed E-state index contributed by atoms with van der Waals surface area (Å²) in [5, 5.41) is 0. The van der Waals surface area contributed by atoms with Crippen molar-refractivity contribution in [2.75, 3.05) is 0 Å². The highest BCUT2D eigenvalue weighted by molar-refractivity contribution is 5.01. The Bertz CT molecular complexity index is 226. The molecule has 0 saturated heterocycles. The molecule has 0 aliphatic heterocycles. The van der Waals surface area contributed by atoms with Crippen LogP contribution in [0.4, 0.5) is 0 Å². The van der Waals surface area contributed by atoms with Crippen LogP contribution in [0.15, 0.2) is 6.20 Å². The van der Waals surface area contributed by atoms with E-state index in [2.05, 4.69) is 29.6 Å². The van der Waals surface area contributed by atoms with Crippen LogP contribution < -0.4 is 0 Å². The summed E-state index contributed by atoms with van der Waals surface area (Å²) >= 11 is 0. The summed E-state index contributed by atoms with van der Waals surface area (Å²) in [4.78, 5) is 4.41. The van der Waals surface area contributed by atoms with Gasteiger partial charge in [-0.05, 0) is 13.3 Å². The Morgan fingerprint density at radius 2 is 1.92 bits per heavy atom. The van der Waals surface area contributed by atoms with E-state index in [4.69, 9.17) is 0 Å². The van der Waals surface area contributed by atoms with Crippen molar-refractivity contribution >= 4 is 0 Å². The molecule has 0 aliphatic carbocycles. The third kappa shape index (κ3) is 3.62. The lowest BCUT2D eigenvalue weighted by Gasteiger charge is -2.01. The second kappa shape index (κ2) is 6.70. The summed E-state index contributed by atoms with van der Waals surface area (Å²) in [6, 6.07) is 0. The van der Waals surface area contributed by atoms with Crippen LogP contribution in [0.1, 0.15) is 45.6 Å². The number of aromatic nitrogens is 2. The number of imidazole rings is 1. The van der Waals surface area contributed by atoms with Crippen molar-refractivity contribution in [1.29, 1.82) is 0 Å². The van der Waals surface area contributed by atoms with E-state index >= 15 is 0 Å². The molecule has 0 bridgehead atoms. The summed E-state index contributed by atoms with van der Waals surface area (Å²) in [7, 11) is 0. The van der Waals surface area contributed by atoms with Gasteiger partial charge in [-0.15, -0.1) is 0 Å². The minimum Gasteiger partial charge on any atom is -0.335 e. The van der Waals surface area contributed by atoms with Crippen molar-refractivity contribution < 1.29 is 0 Å². The van der Waals surface area contributed by atoms with E-state index in [-0.39, 0.29) is 0 Å². The van der Waals surface area contributed by atoms with Gasteiger partial charge < -0.3 is 4.57 Å². The van der Waals surface area contributed by atoms with Gasteiger partial charge in [-0.2, -0.15) is 0 Å². The Kier molecular flexibility index (Phi) is 6.29. The summed E-state index contributed by atoms with van der Waals surface area (Å²) < 4.78 is 2.25. The lowest BCUT2D eigenvalue weighted by Crippen LogP contribution is -2.00. The molecule has 0 aliphatic rings. The van der Waals surface area contributed by atoms with E-state index < -0.39 is 0 Å². The van der Waals surface area contributed by atoms with Crippen LogP contribution in [0.25, 0.3) is 0 Å². The average molecular weight is 182 g/mol. The molecule has 1 aromatic heterocycles. The van der Waals surface area contributed by atoms with Gasteiger partial charge >= 0.3 is 0 Å². The Hall–Kier alpha value is -0.790. The molecule has 0 radical (unpaired) electrons. The van der Waals surface area contributed by atoms with Gasteiger partial charge in [0.05, 0.1) is 5.69 Å². The van der Waals surface area contributed by atoms with E-state index in [0.717, 1.165) is 18.7 Å². The molecule has 0 atom stereocenters. The zero-order valence-corrected chi connectivity index (χ0v) is 9.59. The summed E-state index contributed by atoms with van der Waals surface area (Å²) in [6.45, 7) is 11.5. The Morgan fingerprint density at radius 3 is 2.38 bits per heavy atom. The Morgan fingerprint density at radius 1 is 1.31 bits per heavy atom. The molecule has 1 aromatic rings. The van der Waals surface area contributed by atoms with Gasteiger partial charge in [-0.25, -0.2) is 4.98 Å². The molecule has 0 N–H and O–H groups in total. The van der Waals surface area contributed by atoms with Gasteiger partial charge in [0.15, 0.2) is 0 Å². The normalized spacial score (nSPS) is 9.31. The van der Waals surface area contributed by atoms with Crippen LogP contribution in [0.2, 0.25) is 0 Å². The van der Waals surface area contributed by atoms with E-state index in [1.807, 2.05) is 20.8 Å². The van der Waals surface area contributed by atoms with Crippen molar-refractivity contribution in [3.63, 3.8) is 0 Å².